The lowest BCUT2D eigenvalue weighted by atomic mass is 9.95. The van der Waals surface area contributed by atoms with Gasteiger partial charge < -0.3 is 23.9 Å². The molecule has 1 N–H and O–H groups in total. The first kappa shape index (κ1) is 23.4. The topological polar surface area (TPSA) is 89.2 Å². The molecule has 1 aliphatic rings. The number of nitrogens with zero attached hydrogens (tertiary/aromatic N) is 1. The summed E-state index contributed by atoms with van der Waals surface area (Å²) in [5.74, 6) is 0.0948. The van der Waals surface area contributed by atoms with Gasteiger partial charge in [0.15, 0.2) is 0 Å². The second-order valence-electron chi connectivity index (χ2n) is 8.57. The number of methoxy groups -OCH3 is 2. The summed E-state index contributed by atoms with van der Waals surface area (Å²) < 4.78 is 17.2. The third-order valence-electron chi connectivity index (χ3n) is 6.57. The molecule has 7 nitrogen and oxygen atoms in total. The van der Waals surface area contributed by atoms with Gasteiger partial charge in [-0.3, -0.25) is 9.59 Å². The predicted molar refractivity (Wildman–Crippen MR) is 130 cm³/mol. The summed E-state index contributed by atoms with van der Waals surface area (Å²) in [6, 6.07) is 9.74. The molecule has 2 aromatic carbocycles. The van der Waals surface area contributed by atoms with Crippen molar-refractivity contribution in [2.45, 2.75) is 26.7 Å². The lowest BCUT2D eigenvalue weighted by Crippen LogP contribution is -2.39. The van der Waals surface area contributed by atoms with Crippen molar-refractivity contribution in [2.24, 2.45) is 5.92 Å². The molecule has 0 spiro atoms. The molecule has 0 radical (unpaired) electrons. The van der Waals surface area contributed by atoms with Crippen LogP contribution in [0, 0.1) is 12.8 Å². The maximum Gasteiger partial charge on any atom is 0.306 e. The molecule has 0 saturated carbocycles. The number of hydrogen-bond acceptors (Lipinski definition) is 5. The van der Waals surface area contributed by atoms with Crippen LogP contribution in [-0.4, -0.2) is 49.2 Å². The number of piperidine rings is 1. The average Bonchev–Trinajstić information content (AvgIpc) is 3.28. The number of carbonyl (C=O) groups excluding carboxylic acids is 1. The Morgan fingerprint density at radius 3 is 2.47 bits per heavy atom. The highest BCUT2D eigenvalue weighted by Gasteiger charge is 2.27. The number of hydrogen-bond donors (Lipinski definition) is 1. The summed E-state index contributed by atoms with van der Waals surface area (Å²) in [4.78, 5) is 25.9. The predicted octanol–water partition coefficient (Wildman–Crippen LogP) is 5.15. The van der Waals surface area contributed by atoms with Crippen LogP contribution in [0.1, 0.15) is 30.9 Å². The first-order valence-electron chi connectivity index (χ1n) is 11.3. The Hall–Kier alpha value is -3.74. The van der Waals surface area contributed by atoms with Gasteiger partial charge in [0.1, 0.15) is 17.1 Å². The fraction of sp³-hybridized carbons (Fsp3) is 0.333. The number of aryl methyl sites for hydroxylation is 1. The highest BCUT2D eigenvalue weighted by Crippen LogP contribution is 2.42. The number of furan rings is 1. The molecule has 2 heterocycles. The van der Waals surface area contributed by atoms with Crippen molar-refractivity contribution >= 4 is 28.4 Å². The number of benzene rings is 2. The number of ether oxygens (including phenoxy) is 2. The van der Waals surface area contributed by atoms with E-state index >= 15 is 0 Å². The van der Waals surface area contributed by atoms with Gasteiger partial charge >= 0.3 is 5.97 Å². The summed E-state index contributed by atoms with van der Waals surface area (Å²) >= 11 is 0. The zero-order valence-corrected chi connectivity index (χ0v) is 19.9. The summed E-state index contributed by atoms with van der Waals surface area (Å²) in [6.45, 7) is 4.70. The quantitative estimate of drug-likeness (QED) is 0.509. The number of aliphatic carboxylic acids is 1. The van der Waals surface area contributed by atoms with Gasteiger partial charge in [0.25, 0.3) is 0 Å². The number of allylic oxidation sites excluding steroid dienone is 1. The van der Waals surface area contributed by atoms with E-state index in [9.17, 15) is 14.7 Å². The molecule has 7 heteroatoms. The van der Waals surface area contributed by atoms with E-state index in [1.165, 1.54) is 0 Å². The molecule has 178 valence electrons. The van der Waals surface area contributed by atoms with Gasteiger partial charge in [-0.2, -0.15) is 0 Å². The Bertz CT molecular complexity index is 1260. The first-order chi connectivity index (χ1) is 16.3. The third kappa shape index (κ3) is 4.25. The number of carboxylic acid groups (broad SMARTS) is 1. The minimum Gasteiger partial charge on any atom is -0.496 e. The highest BCUT2D eigenvalue weighted by molar-refractivity contribution is 6.02. The lowest BCUT2D eigenvalue weighted by molar-refractivity contribution is -0.144. The Kier molecular flexibility index (Phi) is 6.63. The van der Waals surface area contributed by atoms with Crippen molar-refractivity contribution in [1.29, 1.82) is 0 Å². The lowest BCUT2D eigenvalue weighted by Gasteiger charge is -2.29. The Balaban J connectivity index is 1.73. The molecule has 1 saturated heterocycles. The van der Waals surface area contributed by atoms with Crippen LogP contribution < -0.4 is 9.47 Å². The van der Waals surface area contributed by atoms with Gasteiger partial charge in [-0.05, 0) is 44.4 Å². The molecule has 0 unspecified atom stereocenters. The standard InChI is InChI=1S/C27H29NO6/c1-16(13-24(29)28-11-9-18(10-12-28)27(30)31)20-14-21-22(19-7-5-6-8-23(19)32-3)15-34-26(21)17(2)25(20)33-4/h5-8,13-15,18H,9-12H2,1-4H3,(H,30,31)/b16-13+. The van der Waals surface area contributed by atoms with Crippen LogP contribution in [-0.2, 0) is 9.59 Å². The second-order valence-corrected chi connectivity index (χ2v) is 8.57. The van der Waals surface area contributed by atoms with Crippen molar-refractivity contribution in [1.82, 2.24) is 4.90 Å². The van der Waals surface area contributed by atoms with E-state index in [-0.39, 0.29) is 11.8 Å². The number of fused-ring (bicyclic) bond motifs is 1. The number of carbonyl (C=O) groups is 2. The maximum atomic E-state index is 13.0. The maximum absolute atomic E-state index is 13.0. The highest BCUT2D eigenvalue weighted by atomic mass is 16.5. The van der Waals surface area contributed by atoms with Crippen LogP contribution in [0.2, 0.25) is 0 Å². The molecule has 3 aromatic rings. The van der Waals surface area contributed by atoms with E-state index in [4.69, 9.17) is 13.9 Å². The summed E-state index contributed by atoms with van der Waals surface area (Å²) in [5, 5.41) is 10.1. The number of carboxylic acids is 1. The summed E-state index contributed by atoms with van der Waals surface area (Å²) in [6.07, 6.45) is 4.27. The smallest absolute Gasteiger partial charge is 0.306 e. The van der Waals surface area contributed by atoms with Crippen molar-refractivity contribution in [2.75, 3.05) is 27.3 Å². The van der Waals surface area contributed by atoms with E-state index in [1.54, 1.807) is 31.5 Å². The minimum atomic E-state index is -0.793. The van der Waals surface area contributed by atoms with Crippen LogP contribution in [0.15, 0.2) is 47.1 Å². The van der Waals surface area contributed by atoms with E-state index in [2.05, 4.69) is 0 Å². The van der Waals surface area contributed by atoms with E-state index in [0.717, 1.165) is 44.5 Å². The molecule has 1 fully saturated rings. The van der Waals surface area contributed by atoms with Gasteiger partial charge in [-0.25, -0.2) is 0 Å². The van der Waals surface area contributed by atoms with Gasteiger partial charge in [-0.1, -0.05) is 18.2 Å². The van der Waals surface area contributed by atoms with Gasteiger partial charge in [0.2, 0.25) is 5.91 Å². The normalized spacial score (nSPS) is 14.9. The zero-order chi connectivity index (χ0) is 24.4. The number of amides is 1. The van der Waals surface area contributed by atoms with Crippen LogP contribution >= 0.6 is 0 Å². The summed E-state index contributed by atoms with van der Waals surface area (Å²) in [7, 11) is 3.24. The van der Waals surface area contributed by atoms with Crippen LogP contribution in [0.25, 0.3) is 27.7 Å². The Morgan fingerprint density at radius 1 is 1.12 bits per heavy atom. The van der Waals surface area contributed by atoms with Crippen LogP contribution in [0.4, 0.5) is 0 Å². The van der Waals surface area contributed by atoms with Crippen molar-refractivity contribution in [3.05, 3.63) is 53.8 Å². The van der Waals surface area contributed by atoms with Crippen LogP contribution in [0.5, 0.6) is 11.5 Å². The summed E-state index contributed by atoms with van der Waals surface area (Å²) in [5.41, 5.74) is 4.95. The van der Waals surface area contributed by atoms with Crippen molar-refractivity contribution < 1.29 is 28.6 Å². The Labute approximate surface area is 198 Å². The van der Waals surface area contributed by atoms with Gasteiger partial charge in [-0.15, -0.1) is 0 Å². The van der Waals surface area contributed by atoms with Crippen molar-refractivity contribution in [3.63, 3.8) is 0 Å². The molecule has 0 bridgehead atoms. The monoisotopic (exact) mass is 463 g/mol. The average molecular weight is 464 g/mol. The molecular weight excluding hydrogens is 434 g/mol. The first-order valence-corrected chi connectivity index (χ1v) is 11.3. The molecule has 34 heavy (non-hydrogen) atoms. The molecule has 1 amide bonds. The molecule has 4 rings (SSSR count). The molecule has 0 aliphatic carbocycles. The fourth-order valence-corrected chi connectivity index (χ4v) is 4.65. The van der Waals surface area contributed by atoms with Crippen LogP contribution in [0.3, 0.4) is 0 Å². The van der Waals surface area contributed by atoms with E-state index in [0.29, 0.717) is 31.7 Å². The molecule has 1 aliphatic heterocycles. The zero-order valence-electron chi connectivity index (χ0n) is 19.9. The minimum absolute atomic E-state index is 0.127. The fourth-order valence-electron chi connectivity index (χ4n) is 4.65. The molecular formula is C27H29NO6. The third-order valence-corrected chi connectivity index (χ3v) is 6.57. The van der Waals surface area contributed by atoms with Crippen molar-refractivity contribution in [3.8, 4) is 22.6 Å². The van der Waals surface area contributed by atoms with E-state index < -0.39 is 5.97 Å². The number of rotatable bonds is 6. The molecule has 1 aromatic heterocycles. The van der Waals surface area contributed by atoms with Gasteiger partial charge in [0, 0.05) is 46.8 Å². The second kappa shape index (κ2) is 9.63. The number of para-hydroxylation sites is 1. The number of likely N-dealkylation sites (tertiary alicyclic amines) is 1. The Morgan fingerprint density at radius 2 is 1.82 bits per heavy atom. The van der Waals surface area contributed by atoms with Gasteiger partial charge in [0.05, 0.1) is 26.4 Å². The largest absolute Gasteiger partial charge is 0.496 e. The SMILES string of the molecule is COc1ccccc1-c1coc2c(C)c(OC)c(/C(C)=C/C(=O)N3CCC(C(=O)O)CC3)cc12. The van der Waals surface area contributed by atoms with E-state index in [1.807, 2.05) is 44.2 Å². The molecule has 0 atom stereocenters.